The predicted octanol–water partition coefficient (Wildman–Crippen LogP) is -2.18. The summed E-state index contributed by atoms with van der Waals surface area (Å²) in [5, 5.41) is 19.1. The van der Waals surface area contributed by atoms with Crippen LogP contribution in [-0.2, 0) is 24.2 Å². The van der Waals surface area contributed by atoms with Crippen molar-refractivity contribution >= 4 is 40.1 Å². The van der Waals surface area contributed by atoms with E-state index in [1.54, 1.807) is 0 Å². The minimum Gasteiger partial charge on any atom is -0.481 e. The summed E-state index contributed by atoms with van der Waals surface area (Å²) < 4.78 is 23.8. The number of hydrogen-bond acceptors (Lipinski definition) is 6. The number of fused-ring (bicyclic) bond motifs is 1. The third-order valence-electron chi connectivity index (χ3n) is 3.79. The molecule has 0 bridgehead atoms. The maximum absolute atomic E-state index is 11.9. The molecule has 1 aliphatic carbocycles. The topological polar surface area (TPSA) is 164 Å². The summed E-state index contributed by atoms with van der Waals surface area (Å²) in [4.78, 5) is 34.1. The Balaban J connectivity index is 0.00000220. The minimum absolute atomic E-state index is 0. The molecule has 2 fully saturated rings. The van der Waals surface area contributed by atoms with Crippen molar-refractivity contribution in [1.82, 2.24) is 5.32 Å². The fourth-order valence-electron chi connectivity index (χ4n) is 2.83. The van der Waals surface area contributed by atoms with Crippen LogP contribution in [0, 0.1) is 11.8 Å². The van der Waals surface area contributed by atoms with Crippen LogP contribution >= 0.6 is 12.4 Å². The highest BCUT2D eigenvalue weighted by molar-refractivity contribution is 7.92. The van der Waals surface area contributed by atoms with E-state index in [-0.39, 0.29) is 12.4 Å². The molecule has 1 saturated heterocycles. The number of nitrogens with one attached hydrogen (secondary N) is 1. The average Bonchev–Trinajstić information content (AvgIpc) is 2.98. The van der Waals surface area contributed by atoms with Crippen molar-refractivity contribution < 1.29 is 33.0 Å². The van der Waals surface area contributed by atoms with Crippen LogP contribution in [0.2, 0.25) is 0 Å². The molecule has 0 spiro atoms. The molecule has 0 aromatic carbocycles. The van der Waals surface area contributed by atoms with Crippen molar-refractivity contribution in [2.45, 2.75) is 23.8 Å². The molecular weight excluding hydrogens is 328 g/mol. The molecule has 21 heavy (non-hydrogen) atoms. The Bertz CT molecular complexity index is 605. The second-order valence-corrected chi connectivity index (χ2v) is 7.37. The zero-order chi connectivity index (χ0) is 15.5. The van der Waals surface area contributed by atoms with Crippen LogP contribution in [0.3, 0.4) is 0 Å². The number of aliphatic carboxylic acids is 2. The first-order chi connectivity index (χ1) is 9.04. The highest BCUT2D eigenvalue weighted by Crippen LogP contribution is 2.57. The van der Waals surface area contributed by atoms with Crippen molar-refractivity contribution in [3.05, 3.63) is 0 Å². The van der Waals surface area contributed by atoms with Crippen LogP contribution in [0.25, 0.3) is 0 Å². The van der Waals surface area contributed by atoms with Crippen molar-refractivity contribution in [3.63, 3.8) is 0 Å². The molecule has 1 aliphatic heterocycles. The van der Waals surface area contributed by atoms with E-state index < -0.39 is 62.1 Å². The van der Waals surface area contributed by atoms with Gasteiger partial charge in [-0.05, 0) is 6.92 Å². The average molecular weight is 343 g/mol. The first-order valence-electron chi connectivity index (χ1n) is 5.80. The quantitative estimate of drug-likeness (QED) is 0.448. The summed E-state index contributed by atoms with van der Waals surface area (Å²) in [5.74, 6) is -7.06. The summed E-state index contributed by atoms with van der Waals surface area (Å²) in [6, 6.07) is -1.03. The number of halogens is 1. The van der Waals surface area contributed by atoms with Gasteiger partial charge < -0.3 is 21.3 Å². The smallest absolute Gasteiger partial charge is 0.330 e. The number of sulfone groups is 1. The number of amides is 1. The van der Waals surface area contributed by atoms with E-state index in [1.165, 1.54) is 6.92 Å². The molecular formula is C10H15ClN2O7S. The molecule has 0 unspecified atom stereocenters. The van der Waals surface area contributed by atoms with Gasteiger partial charge in [-0.25, -0.2) is 13.2 Å². The molecule has 9 nitrogen and oxygen atoms in total. The summed E-state index contributed by atoms with van der Waals surface area (Å²) in [6.07, 6.45) is 0. The Morgan fingerprint density at radius 1 is 1.33 bits per heavy atom. The van der Waals surface area contributed by atoms with Crippen LogP contribution in [0.15, 0.2) is 0 Å². The summed E-state index contributed by atoms with van der Waals surface area (Å²) in [7, 11) is -3.89. The highest BCUT2D eigenvalue weighted by atomic mass is 35.5. The summed E-state index contributed by atoms with van der Waals surface area (Å²) in [5.41, 5.74) is 3.21. The number of carboxylic acids is 2. The van der Waals surface area contributed by atoms with Crippen molar-refractivity contribution in [3.8, 4) is 0 Å². The number of nitrogens with two attached hydrogens (primary N) is 1. The van der Waals surface area contributed by atoms with Gasteiger partial charge >= 0.3 is 11.9 Å². The molecule has 1 heterocycles. The Morgan fingerprint density at radius 3 is 2.19 bits per heavy atom. The molecule has 0 radical (unpaired) electrons. The Kier molecular flexibility index (Phi) is 4.30. The van der Waals surface area contributed by atoms with Crippen molar-refractivity contribution in [1.29, 1.82) is 0 Å². The molecule has 1 amide bonds. The summed E-state index contributed by atoms with van der Waals surface area (Å²) in [6.45, 7) is 1.31. The van der Waals surface area contributed by atoms with Gasteiger partial charge in [0.25, 0.3) is 0 Å². The van der Waals surface area contributed by atoms with E-state index in [1.807, 2.05) is 0 Å². The third-order valence-corrected chi connectivity index (χ3v) is 6.07. The van der Waals surface area contributed by atoms with E-state index in [9.17, 15) is 27.9 Å². The molecule has 2 rings (SSSR count). The van der Waals surface area contributed by atoms with Gasteiger partial charge in [0.1, 0.15) is 0 Å². The van der Waals surface area contributed by atoms with Crippen LogP contribution in [0.4, 0.5) is 0 Å². The summed E-state index contributed by atoms with van der Waals surface area (Å²) >= 11 is 0. The number of carbonyl (C=O) groups excluding carboxylic acids is 1. The van der Waals surface area contributed by atoms with E-state index in [0.717, 1.165) is 0 Å². The van der Waals surface area contributed by atoms with Gasteiger partial charge in [-0.1, -0.05) is 0 Å². The molecule has 120 valence electrons. The van der Waals surface area contributed by atoms with E-state index in [2.05, 4.69) is 5.32 Å². The van der Waals surface area contributed by atoms with Gasteiger partial charge in [-0.2, -0.15) is 0 Å². The lowest BCUT2D eigenvalue weighted by molar-refractivity contribution is -0.148. The monoisotopic (exact) mass is 342 g/mol. The fraction of sp³-hybridized carbons (Fsp3) is 0.700. The second-order valence-electron chi connectivity index (χ2n) is 5.22. The number of carboxylic acid groups (broad SMARTS) is 2. The van der Waals surface area contributed by atoms with Gasteiger partial charge in [-0.3, -0.25) is 9.59 Å². The first kappa shape index (κ1) is 17.7. The number of hydrogen-bond donors (Lipinski definition) is 4. The molecule has 11 heteroatoms. The number of carbonyl (C=O) groups is 3. The van der Waals surface area contributed by atoms with Crippen LogP contribution in [-0.4, -0.2) is 59.1 Å². The first-order valence-corrected chi connectivity index (χ1v) is 7.51. The minimum atomic E-state index is -3.89. The largest absolute Gasteiger partial charge is 0.481 e. The van der Waals surface area contributed by atoms with Gasteiger partial charge in [0.2, 0.25) is 5.91 Å². The normalized spacial score (nSPS) is 36.8. The molecule has 5 N–H and O–H groups in total. The zero-order valence-electron chi connectivity index (χ0n) is 10.8. The van der Waals surface area contributed by atoms with Crippen molar-refractivity contribution in [2.75, 3.05) is 5.75 Å². The number of rotatable bonds is 4. The van der Waals surface area contributed by atoms with Gasteiger partial charge in [0.15, 0.2) is 15.4 Å². The lowest BCUT2D eigenvalue weighted by Crippen LogP contribution is -2.61. The van der Waals surface area contributed by atoms with E-state index >= 15 is 0 Å². The Labute approximate surface area is 126 Å². The van der Waals surface area contributed by atoms with Crippen LogP contribution in [0.1, 0.15) is 6.92 Å². The highest BCUT2D eigenvalue weighted by Gasteiger charge is 2.79. The lowest BCUT2D eigenvalue weighted by atomic mass is 9.93. The van der Waals surface area contributed by atoms with Crippen molar-refractivity contribution in [2.24, 2.45) is 17.6 Å². The van der Waals surface area contributed by atoms with E-state index in [4.69, 9.17) is 10.8 Å². The Morgan fingerprint density at radius 2 is 1.86 bits per heavy atom. The van der Waals surface area contributed by atoms with Gasteiger partial charge in [0.05, 0.1) is 23.0 Å². The maximum Gasteiger partial charge on any atom is 0.330 e. The molecule has 0 aromatic heterocycles. The third kappa shape index (κ3) is 2.47. The van der Waals surface area contributed by atoms with Gasteiger partial charge in [0, 0.05) is 5.92 Å². The molecule has 5 atom stereocenters. The maximum atomic E-state index is 11.9. The zero-order valence-corrected chi connectivity index (χ0v) is 12.5. The predicted molar refractivity (Wildman–Crippen MR) is 71.6 cm³/mol. The SMILES string of the molecule is C[C@H](N)C(=O)N[C@@]1(C(=O)O)CS(=O)(=O)[C@H]2[C@H](C(=O)O)[C@H]21.Cl. The molecule has 1 saturated carbocycles. The standard InChI is InChI=1S/C10H14N2O7S.ClH/c1-3(11)7(13)12-10(9(16)17)2-20(18,19)6-4(5(6)10)8(14)15;/h3-6H,2,11H2,1H3,(H,12,13)(H,14,15)(H,16,17);1H/t3-,4+,5+,6-,10-;/m0./s1. The second kappa shape index (κ2) is 5.11. The van der Waals surface area contributed by atoms with Crippen LogP contribution in [0.5, 0.6) is 0 Å². The molecule has 2 aliphatic rings. The van der Waals surface area contributed by atoms with E-state index in [0.29, 0.717) is 0 Å². The van der Waals surface area contributed by atoms with Crippen LogP contribution < -0.4 is 11.1 Å². The van der Waals surface area contributed by atoms with Gasteiger partial charge in [-0.15, -0.1) is 12.4 Å². The Hall–Kier alpha value is -1.39. The fourth-order valence-corrected chi connectivity index (χ4v) is 5.54. The lowest BCUT2D eigenvalue weighted by Gasteiger charge is -2.28. The molecule has 0 aromatic rings.